The van der Waals surface area contributed by atoms with Gasteiger partial charge >= 0.3 is 0 Å². The van der Waals surface area contributed by atoms with Crippen LogP contribution in [0.1, 0.15) is 25.8 Å². The number of likely N-dealkylation sites (N-methyl/N-ethyl adjacent to an activating group) is 1. The Kier molecular flexibility index (Phi) is 4.90. The van der Waals surface area contributed by atoms with Gasteiger partial charge in [0.25, 0.3) is 0 Å². The fourth-order valence-corrected chi connectivity index (χ4v) is 2.19. The summed E-state index contributed by atoms with van der Waals surface area (Å²) in [5, 5.41) is 0. The molecule has 2 nitrogen and oxygen atoms in total. The van der Waals surface area contributed by atoms with Gasteiger partial charge in [0.1, 0.15) is 0 Å². The molecule has 0 N–H and O–H groups in total. The highest BCUT2D eigenvalue weighted by Crippen LogP contribution is 2.23. The van der Waals surface area contributed by atoms with Crippen LogP contribution in [0.25, 0.3) is 0 Å². The third-order valence-electron chi connectivity index (χ3n) is 3.59. The zero-order chi connectivity index (χ0) is 13.1. The third kappa shape index (κ3) is 3.17. The minimum Gasteiger partial charge on any atom is -0.297 e. The molecule has 0 fully saturated rings. The first-order valence-corrected chi connectivity index (χ1v) is 6.65. The fraction of sp³-hybridized carbons (Fsp3) is 0.500. The molecule has 3 heteroatoms. The highest BCUT2D eigenvalue weighted by molar-refractivity contribution is 9.10. The van der Waals surface area contributed by atoms with Crippen molar-refractivity contribution in [2.75, 3.05) is 14.1 Å². The van der Waals surface area contributed by atoms with Crippen molar-refractivity contribution in [3.05, 3.63) is 34.3 Å². The number of ketones is 1. The van der Waals surface area contributed by atoms with Crippen LogP contribution in [0.3, 0.4) is 0 Å². The number of nitrogens with zero attached hydrogens (tertiary/aromatic N) is 1. The predicted molar refractivity (Wildman–Crippen MR) is 75.2 cm³/mol. The Morgan fingerprint density at radius 1 is 1.35 bits per heavy atom. The molecule has 0 saturated carbocycles. The molecule has 0 amide bonds. The SMILES string of the molecule is CCC(C)(C(=O)Cc1ccccc1Br)N(C)C. The molecule has 1 aromatic carbocycles. The van der Waals surface area contributed by atoms with Crippen LogP contribution < -0.4 is 0 Å². The maximum Gasteiger partial charge on any atom is 0.157 e. The summed E-state index contributed by atoms with van der Waals surface area (Å²) in [5.74, 6) is 0.261. The number of carbonyl (C=O) groups is 1. The lowest BCUT2D eigenvalue weighted by atomic mass is 9.88. The highest BCUT2D eigenvalue weighted by atomic mass is 79.9. The van der Waals surface area contributed by atoms with Gasteiger partial charge < -0.3 is 0 Å². The van der Waals surface area contributed by atoms with Gasteiger partial charge in [-0.25, -0.2) is 0 Å². The summed E-state index contributed by atoms with van der Waals surface area (Å²) in [6.07, 6.45) is 1.30. The number of rotatable bonds is 5. The van der Waals surface area contributed by atoms with Crippen LogP contribution in [0.15, 0.2) is 28.7 Å². The maximum atomic E-state index is 12.4. The minimum absolute atomic E-state index is 0.261. The molecule has 94 valence electrons. The Morgan fingerprint density at radius 2 is 1.94 bits per heavy atom. The molecule has 0 bridgehead atoms. The van der Waals surface area contributed by atoms with Crippen LogP contribution in [0, 0.1) is 0 Å². The number of halogens is 1. The second kappa shape index (κ2) is 5.78. The quantitative estimate of drug-likeness (QED) is 0.831. The first kappa shape index (κ1) is 14.4. The molecule has 0 aromatic heterocycles. The molecule has 1 unspecified atom stereocenters. The van der Waals surface area contributed by atoms with Crippen LogP contribution in [-0.2, 0) is 11.2 Å². The van der Waals surface area contributed by atoms with Gasteiger partial charge in [-0.05, 0) is 39.1 Å². The number of Topliss-reactive ketones (excluding diaryl/α,β-unsaturated/α-hetero) is 1. The van der Waals surface area contributed by atoms with E-state index < -0.39 is 0 Å². The van der Waals surface area contributed by atoms with Gasteiger partial charge in [0, 0.05) is 10.9 Å². The van der Waals surface area contributed by atoms with E-state index >= 15 is 0 Å². The average Bonchev–Trinajstić information content (AvgIpc) is 2.30. The molecule has 17 heavy (non-hydrogen) atoms. The second-order valence-corrected chi connectivity index (χ2v) is 5.57. The van der Waals surface area contributed by atoms with Crippen molar-refractivity contribution in [3.8, 4) is 0 Å². The van der Waals surface area contributed by atoms with E-state index in [-0.39, 0.29) is 11.3 Å². The summed E-state index contributed by atoms with van der Waals surface area (Å²) >= 11 is 3.48. The van der Waals surface area contributed by atoms with E-state index in [1.165, 1.54) is 0 Å². The summed E-state index contributed by atoms with van der Waals surface area (Å²) in [7, 11) is 3.92. The van der Waals surface area contributed by atoms with E-state index in [2.05, 4.69) is 22.9 Å². The van der Waals surface area contributed by atoms with E-state index in [9.17, 15) is 4.79 Å². The Bertz CT molecular complexity index is 403. The zero-order valence-electron chi connectivity index (χ0n) is 11.0. The van der Waals surface area contributed by atoms with Crippen molar-refractivity contribution >= 4 is 21.7 Å². The molecule has 1 atom stereocenters. The van der Waals surface area contributed by atoms with Gasteiger partial charge in [-0.15, -0.1) is 0 Å². The summed E-state index contributed by atoms with van der Waals surface area (Å²) in [5.41, 5.74) is 0.675. The predicted octanol–water partition coefficient (Wildman–Crippen LogP) is 3.29. The largest absolute Gasteiger partial charge is 0.297 e. The van der Waals surface area contributed by atoms with Gasteiger partial charge in [-0.2, -0.15) is 0 Å². The third-order valence-corrected chi connectivity index (χ3v) is 4.36. The van der Waals surface area contributed by atoms with Gasteiger partial charge in [-0.1, -0.05) is 41.1 Å². The highest BCUT2D eigenvalue weighted by Gasteiger charge is 2.33. The normalized spacial score (nSPS) is 14.7. The Balaban J connectivity index is 2.89. The summed E-state index contributed by atoms with van der Waals surface area (Å²) in [6.45, 7) is 4.06. The van der Waals surface area contributed by atoms with Crippen molar-refractivity contribution in [1.82, 2.24) is 4.90 Å². The lowest BCUT2D eigenvalue weighted by molar-refractivity contribution is -0.128. The van der Waals surface area contributed by atoms with Crippen LogP contribution in [0.5, 0.6) is 0 Å². The Morgan fingerprint density at radius 3 is 2.41 bits per heavy atom. The number of carbonyl (C=O) groups excluding carboxylic acids is 1. The van der Waals surface area contributed by atoms with E-state index in [1.807, 2.05) is 50.2 Å². The molecule has 0 heterocycles. The van der Waals surface area contributed by atoms with Crippen LogP contribution in [0.2, 0.25) is 0 Å². The molecular formula is C14H20BrNO. The van der Waals surface area contributed by atoms with Gasteiger partial charge in [0.05, 0.1) is 5.54 Å². The summed E-state index contributed by atoms with van der Waals surface area (Å²) in [4.78, 5) is 14.4. The molecule has 0 aliphatic rings. The van der Waals surface area contributed by atoms with Gasteiger partial charge in [0.2, 0.25) is 0 Å². The molecule has 0 radical (unpaired) electrons. The van der Waals surface area contributed by atoms with Gasteiger partial charge in [0.15, 0.2) is 5.78 Å². The lowest BCUT2D eigenvalue weighted by Crippen LogP contribution is -2.48. The van der Waals surface area contributed by atoms with E-state index in [0.29, 0.717) is 6.42 Å². The first-order valence-electron chi connectivity index (χ1n) is 5.86. The van der Waals surface area contributed by atoms with Crippen molar-refractivity contribution < 1.29 is 4.79 Å². The summed E-state index contributed by atoms with van der Waals surface area (Å²) in [6, 6.07) is 7.89. The lowest BCUT2D eigenvalue weighted by Gasteiger charge is -2.34. The number of hydrogen-bond acceptors (Lipinski definition) is 2. The molecule has 1 aromatic rings. The molecular weight excluding hydrogens is 278 g/mol. The van der Waals surface area contributed by atoms with Crippen molar-refractivity contribution in [2.45, 2.75) is 32.2 Å². The Labute approximate surface area is 112 Å². The van der Waals surface area contributed by atoms with Crippen molar-refractivity contribution in [1.29, 1.82) is 0 Å². The molecule has 1 rings (SSSR count). The van der Waals surface area contributed by atoms with E-state index in [1.54, 1.807) is 0 Å². The average molecular weight is 298 g/mol. The summed E-state index contributed by atoms with van der Waals surface area (Å²) < 4.78 is 1.01. The number of benzene rings is 1. The minimum atomic E-state index is -0.380. The molecule has 0 spiro atoms. The molecule has 0 aliphatic heterocycles. The van der Waals surface area contributed by atoms with E-state index in [0.717, 1.165) is 16.5 Å². The fourth-order valence-electron chi connectivity index (χ4n) is 1.77. The van der Waals surface area contributed by atoms with Gasteiger partial charge in [-0.3, -0.25) is 9.69 Å². The monoisotopic (exact) mass is 297 g/mol. The maximum absolute atomic E-state index is 12.4. The molecule has 0 aliphatic carbocycles. The zero-order valence-corrected chi connectivity index (χ0v) is 12.5. The standard InChI is InChI=1S/C14H20BrNO/c1-5-14(2,16(3)4)13(17)10-11-8-6-7-9-12(11)15/h6-9H,5,10H2,1-4H3. The van der Waals surface area contributed by atoms with Crippen LogP contribution >= 0.6 is 15.9 Å². The smallest absolute Gasteiger partial charge is 0.157 e. The Hall–Kier alpha value is -0.670. The van der Waals surface area contributed by atoms with Crippen LogP contribution in [0.4, 0.5) is 0 Å². The number of hydrogen-bond donors (Lipinski definition) is 0. The van der Waals surface area contributed by atoms with Crippen LogP contribution in [-0.4, -0.2) is 30.3 Å². The first-order chi connectivity index (χ1) is 7.91. The van der Waals surface area contributed by atoms with E-state index in [4.69, 9.17) is 0 Å². The molecule has 0 saturated heterocycles. The van der Waals surface area contributed by atoms with Crippen molar-refractivity contribution in [2.24, 2.45) is 0 Å². The van der Waals surface area contributed by atoms with Crippen molar-refractivity contribution in [3.63, 3.8) is 0 Å². The topological polar surface area (TPSA) is 20.3 Å². The second-order valence-electron chi connectivity index (χ2n) is 4.71.